The molecule has 0 aliphatic carbocycles. The molecule has 1 aliphatic heterocycles. The van der Waals surface area contributed by atoms with Gasteiger partial charge in [0.15, 0.2) is 0 Å². The van der Waals surface area contributed by atoms with Crippen molar-refractivity contribution in [2.24, 2.45) is 0 Å². The molecule has 1 aliphatic rings. The second kappa shape index (κ2) is 5.19. The minimum absolute atomic E-state index is 0.0969. The van der Waals surface area contributed by atoms with Gasteiger partial charge in [0.1, 0.15) is 0 Å². The van der Waals surface area contributed by atoms with Gasteiger partial charge in [-0.25, -0.2) is 0 Å². The highest BCUT2D eigenvalue weighted by Crippen LogP contribution is 2.37. The van der Waals surface area contributed by atoms with Crippen LogP contribution >= 0.6 is 0 Å². The first-order valence-corrected chi connectivity index (χ1v) is 6.54. The van der Waals surface area contributed by atoms with Crippen LogP contribution in [-0.4, -0.2) is 29.0 Å². The molecule has 2 rings (SSSR count). The Labute approximate surface area is 103 Å². The van der Waals surface area contributed by atoms with Gasteiger partial charge in [-0.05, 0) is 39.3 Å². The summed E-state index contributed by atoms with van der Waals surface area (Å²) in [5, 5.41) is 7.80. The fraction of sp³-hybridized carbons (Fsp3) is 0.769. The van der Waals surface area contributed by atoms with E-state index in [0.717, 1.165) is 32.4 Å². The summed E-state index contributed by atoms with van der Waals surface area (Å²) in [6, 6.07) is 2.32. The third-order valence-corrected chi connectivity index (χ3v) is 3.63. The van der Waals surface area contributed by atoms with E-state index in [9.17, 15) is 0 Å². The normalized spacial score (nSPS) is 26.3. The number of likely N-dealkylation sites (N-methyl/N-ethyl adjacent to an activating group) is 1. The van der Waals surface area contributed by atoms with E-state index in [1.807, 2.05) is 13.2 Å². The first kappa shape index (κ1) is 12.6. The Morgan fingerprint density at radius 2 is 2.47 bits per heavy atom. The molecule has 2 unspecified atom stereocenters. The fourth-order valence-corrected chi connectivity index (χ4v) is 2.78. The maximum atomic E-state index is 5.95. The minimum Gasteiger partial charge on any atom is -0.373 e. The Morgan fingerprint density at radius 3 is 3.06 bits per heavy atom. The molecule has 0 bridgehead atoms. The van der Waals surface area contributed by atoms with Gasteiger partial charge in [-0.2, -0.15) is 5.10 Å². The zero-order valence-corrected chi connectivity index (χ0v) is 11.1. The van der Waals surface area contributed by atoms with Crippen LogP contribution < -0.4 is 5.32 Å². The molecule has 0 radical (unpaired) electrons. The summed E-state index contributed by atoms with van der Waals surface area (Å²) in [5.41, 5.74) is 1.14. The third kappa shape index (κ3) is 2.38. The van der Waals surface area contributed by atoms with Crippen molar-refractivity contribution in [3.05, 3.63) is 18.0 Å². The summed E-state index contributed by atoms with van der Waals surface area (Å²) in [5.74, 6) is 0. The second-order valence-corrected chi connectivity index (χ2v) is 4.97. The van der Waals surface area contributed by atoms with Gasteiger partial charge in [0.25, 0.3) is 0 Å². The van der Waals surface area contributed by atoms with Crippen LogP contribution in [0.5, 0.6) is 0 Å². The molecule has 0 aromatic carbocycles. The number of aryl methyl sites for hydroxylation is 1. The number of ether oxygens (including phenoxy) is 1. The number of nitrogens with zero attached hydrogens (tertiary/aromatic N) is 2. The van der Waals surface area contributed by atoms with Gasteiger partial charge >= 0.3 is 0 Å². The molecule has 0 saturated carbocycles. The summed E-state index contributed by atoms with van der Waals surface area (Å²) in [6.45, 7) is 6.21. The van der Waals surface area contributed by atoms with E-state index in [4.69, 9.17) is 4.74 Å². The lowest BCUT2D eigenvalue weighted by molar-refractivity contribution is -0.0128. The molecule has 1 fully saturated rings. The summed E-state index contributed by atoms with van der Waals surface area (Å²) < 4.78 is 8.04. The molecule has 96 valence electrons. The quantitative estimate of drug-likeness (QED) is 0.852. The van der Waals surface area contributed by atoms with Gasteiger partial charge in [-0.15, -0.1) is 0 Å². The number of hydrogen-bond acceptors (Lipinski definition) is 3. The molecular weight excluding hydrogens is 214 g/mol. The van der Waals surface area contributed by atoms with Crippen LogP contribution in [0.3, 0.4) is 0 Å². The number of rotatable bonds is 5. The second-order valence-electron chi connectivity index (χ2n) is 4.97. The van der Waals surface area contributed by atoms with Crippen molar-refractivity contribution in [1.82, 2.24) is 15.1 Å². The van der Waals surface area contributed by atoms with Crippen LogP contribution in [0.1, 0.15) is 44.8 Å². The smallest absolute Gasteiger partial charge is 0.0864 e. The van der Waals surface area contributed by atoms with Crippen molar-refractivity contribution in [3.8, 4) is 0 Å². The molecule has 1 aromatic heterocycles. The number of nitrogens with one attached hydrogen (secondary N) is 1. The maximum absolute atomic E-state index is 5.95. The van der Waals surface area contributed by atoms with Gasteiger partial charge < -0.3 is 10.1 Å². The standard InChI is InChI=1S/C13H23N3O/c1-4-9-16-11(6-8-15-16)12(14-3)13(2)7-5-10-17-13/h6,8,12,14H,4-5,7,9-10H2,1-3H3. The van der Waals surface area contributed by atoms with E-state index in [1.54, 1.807) is 0 Å². The van der Waals surface area contributed by atoms with Crippen molar-refractivity contribution >= 4 is 0 Å². The highest BCUT2D eigenvalue weighted by molar-refractivity contribution is 5.13. The molecule has 4 heteroatoms. The Hall–Kier alpha value is -0.870. The lowest BCUT2D eigenvalue weighted by Crippen LogP contribution is -2.41. The zero-order valence-electron chi connectivity index (χ0n) is 11.1. The van der Waals surface area contributed by atoms with Crippen LogP contribution in [0.25, 0.3) is 0 Å². The molecule has 4 nitrogen and oxygen atoms in total. The molecule has 0 amide bonds. The van der Waals surface area contributed by atoms with Crippen molar-refractivity contribution in [2.75, 3.05) is 13.7 Å². The van der Waals surface area contributed by atoms with Crippen LogP contribution in [0, 0.1) is 0 Å². The minimum atomic E-state index is -0.0969. The number of hydrogen-bond donors (Lipinski definition) is 1. The highest BCUT2D eigenvalue weighted by Gasteiger charge is 2.39. The van der Waals surface area contributed by atoms with E-state index in [0.29, 0.717) is 0 Å². The average molecular weight is 237 g/mol. The Morgan fingerprint density at radius 1 is 1.65 bits per heavy atom. The van der Waals surface area contributed by atoms with Crippen molar-refractivity contribution in [3.63, 3.8) is 0 Å². The van der Waals surface area contributed by atoms with Gasteiger partial charge in [0.05, 0.1) is 17.3 Å². The summed E-state index contributed by atoms with van der Waals surface area (Å²) >= 11 is 0. The summed E-state index contributed by atoms with van der Waals surface area (Å²) in [6.07, 6.45) is 5.24. The number of aromatic nitrogens is 2. The summed E-state index contributed by atoms with van der Waals surface area (Å²) in [4.78, 5) is 0. The van der Waals surface area contributed by atoms with E-state index >= 15 is 0 Å². The largest absolute Gasteiger partial charge is 0.373 e. The lowest BCUT2D eigenvalue weighted by Gasteiger charge is -2.33. The third-order valence-electron chi connectivity index (χ3n) is 3.63. The van der Waals surface area contributed by atoms with Crippen molar-refractivity contribution in [2.45, 2.75) is 51.3 Å². The molecule has 1 N–H and O–H groups in total. The Kier molecular flexibility index (Phi) is 3.84. The van der Waals surface area contributed by atoms with Crippen LogP contribution in [0.15, 0.2) is 12.3 Å². The van der Waals surface area contributed by atoms with E-state index in [2.05, 4.69) is 35.0 Å². The molecule has 2 heterocycles. The predicted octanol–water partition coefficient (Wildman–Crippen LogP) is 2.12. The maximum Gasteiger partial charge on any atom is 0.0864 e. The first-order chi connectivity index (χ1) is 8.21. The SMILES string of the molecule is CCCn1nccc1C(NC)C1(C)CCCO1. The fourth-order valence-electron chi connectivity index (χ4n) is 2.78. The molecule has 2 atom stereocenters. The predicted molar refractivity (Wildman–Crippen MR) is 67.9 cm³/mol. The average Bonchev–Trinajstić information content (AvgIpc) is 2.91. The highest BCUT2D eigenvalue weighted by atomic mass is 16.5. The molecule has 17 heavy (non-hydrogen) atoms. The summed E-state index contributed by atoms with van der Waals surface area (Å²) in [7, 11) is 2.00. The van der Waals surface area contributed by atoms with Gasteiger partial charge in [-0.3, -0.25) is 4.68 Å². The Balaban J connectivity index is 2.25. The molecular formula is C13H23N3O. The van der Waals surface area contributed by atoms with E-state index < -0.39 is 0 Å². The zero-order chi connectivity index (χ0) is 12.3. The van der Waals surface area contributed by atoms with E-state index in [1.165, 1.54) is 5.69 Å². The van der Waals surface area contributed by atoms with Crippen LogP contribution in [-0.2, 0) is 11.3 Å². The van der Waals surface area contributed by atoms with Gasteiger partial charge in [0, 0.05) is 19.3 Å². The van der Waals surface area contributed by atoms with Crippen molar-refractivity contribution < 1.29 is 4.74 Å². The van der Waals surface area contributed by atoms with E-state index in [-0.39, 0.29) is 11.6 Å². The topological polar surface area (TPSA) is 39.1 Å². The molecule has 1 saturated heterocycles. The Bertz CT molecular complexity index is 355. The van der Waals surface area contributed by atoms with Gasteiger partial charge in [0.2, 0.25) is 0 Å². The monoisotopic (exact) mass is 237 g/mol. The van der Waals surface area contributed by atoms with Crippen molar-refractivity contribution in [1.29, 1.82) is 0 Å². The lowest BCUT2D eigenvalue weighted by atomic mass is 9.90. The molecule has 1 aromatic rings. The van der Waals surface area contributed by atoms with Crippen LogP contribution in [0.2, 0.25) is 0 Å². The molecule has 0 spiro atoms. The first-order valence-electron chi connectivity index (χ1n) is 6.54. The van der Waals surface area contributed by atoms with Crippen LogP contribution in [0.4, 0.5) is 0 Å². The van der Waals surface area contributed by atoms with Gasteiger partial charge in [-0.1, -0.05) is 6.92 Å².